The molecule has 1 fully saturated rings. The number of hydrogen-bond donors (Lipinski definition) is 0. The second kappa shape index (κ2) is 6.82. The Bertz CT molecular complexity index is 644. The maximum atomic E-state index is 12.6. The number of amides is 1. The molecule has 0 radical (unpaired) electrons. The highest BCUT2D eigenvalue weighted by atomic mass is 16.2. The van der Waals surface area contributed by atoms with E-state index in [9.17, 15) is 4.79 Å². The van der Waals surface area contributed by atoms with Gasteiger partial charge in [-0.3, -0.25) is 9.78 Å². The number of benzene rings is 1. The number of pyridine rings is 1. The fraction of sp³-hybridized carbons (Fsp3) is 0.368. The summed E-state index contributed by atoms with van der Waals surface area (Å²) < 4.78 is 0. The van der Waals surface area contributed by atoms with Crippen molar-refractivity contribution in [2.75, 3.05) is 32.1 Å². The maximum Gasteiger partial charge on any atom is 0.253 e. The topological polar surface area (TPSA) is 36.4 Å². The van der Waals surface area contributed by atoms with E-state index >= 15 is 0 Å². The molecule has 4 nitrogen and oxygen atoms in total. The second-order valence-corrected chi connectivity index (χ2v) is 6.29. The highest BCUT2D eigenvalue weighted by Crippen LogP contribution is 2.28. The van der Waals surface area contributed by atoms with E-state index in [1.807, 2.05) is 60.6 Å². The predicted octanol–water partition coefficient (Wildman–Crippen LogP) is 3.17. The molecule has 0 spiro atoms. The van der Waals surface area contributed by atoms with Gasteiger partial charge in [0.2, 0.25) is 0 Å². The highest BCUT2D eigenvalue weighted by molar-refractivity contribution is 5.94. The summed E-state index contributed by atoms with van der Waals surface area (Å²) in [5.41, 5.74) is 3.22. The monoisotopic (exact) mass is 309 g/mol. The lowest BCUT2D eigenvalue weighted by Crippen LogP contribution is -2.37. The van der Waals surface area contributed by atoms with Crippen LogP contribution < -0.4 is 4.90 Å². The summed E-state index contributed by atoms with van der Waals surface area (Å²) in [6.07, 6.45) is 5.73. The lowest BCUT2D eigenvalue weighted by molar-refractivity contribution is 0.0713. The Morgan fingerprint density at radius 3 is 2.22 bits per heavy atom. The van der Waals surface area contributed by atoms with Crippen LogP contribution in [-0.4, -0.2) is 43.0 Å². The van der Waals surface area contributed by atoms with Crippen molar-refractivity contribution in [1.82, 2.24) is 9.88 Å². The van der Waals surface area contributed by atoms with Gasteiger partial charge in [0.25, 0.3) is 5.91 Å². The molecule has 0 unspecified atom stereocenters. The molecule has 2 heterocycles. The van der Waals surface area contributed by atoms with E-state index in [2.05, 4.69) is 17.1 Å². The first-order valence-corrected chi connectivity index (χ1v) is 8.12. The minimum Gasteiger partial charge on any atom is -0.378 e. The molecule has 1 aromatic carbocycles. The summed E-state index contributed by atoms with van der Waals surface area (Å²) >= 11 is 0. The van der Waals surface area contributed by atoms with Crippen LogP contribution in [-0.2, 0) is 0 Å². The van der Waals surface area contributed by atoms with Crippen molar-refractivity contribution in [3.63, 3.8) is 0 Å². The Balaban J connectivity index is 1.62. The fourth-order valence-corrected chi connectivity index (χ4v) is 3.14. The van der Waals surface area contributed by atoms with E-state index in [-0.39, 0.29) is 5.91 Å². The number of carbonyl (C=O) groups is 1. The van der Waals surface area contributed by atoms with Crippen LogP contribution >= 0.6 is 0 Å². The third-order valence-corrected chi connectivity index (χ3v) is 4.59. The van der Waals surface area contributed by atoms with Crippen molar-refractivity contribution in [3.8, 4) is 0 Å². The van der Waals surface area contributed by atoms with Crippen molar-refractivity contribution in [2.45, 2.75) is 18.8 Å². The largest absolute Gasteiger partial charge is 0.378 e. The number of likely N-dealkylation sites (tertiary alicyclic amines) is 1. The Morgan fingerprint density at radius 2 is 1.65 bits per heavy atom. The van der Waals surface area contributed by atoms with Gasteiger partial charge < -0.3 is 9.80 Å². The molecule has 0 bridgehead atoms. The van der Waals surface area contributed by atoms with Crippen LogP contribution in [0.1, 0.15) is 34.7 Å². The first-order chi connectivity index (χ1) is 11.1. The molecule has 1 saturated heterocycles. The lowest BCUT2D eigenvalue weighted by atomic mass is 9.90. The lowest BCUT2D eigenvalue weighted by Gasteiger charge is -2.32. The van der Waals surface area contributed by atoms with E-state index < -0.39 is 0 Å². The first-order valence-electron chi connectivity index (χ1n) is 8.12. The standard InChI is InChI=1S/C19H23N3O/c1-21(2)18-5-3-17(4-6-18)19(23)22-13-9-16(10-14-22)15-7-11-20-12-8-15/h3-8,11-12,16H,9-10,13-14H2,1-2H3. The van der Waals surface area contributed by atoms with E-state index in [0.717, 1.165) is 37.2 Å². The molecule has 1 amide bonds. The van der Waals surface area contributed by atoms with Crippen molar-refractivity contribution >= 4 is 11.6 Å². The Kier molecular flexibility index (Phi) is 4.60. The van der Waals surface area contributed by atoms with Crippen molar-refractivity contribution < 1.29 is 4.79 Å². The molecule has 0 aliphatic carbocycles. The zero-order valence-corrected chi connectivity index (χ0v) is 13.8. The molecule has 1 aliphatic heterocycles. The Hall–Kier alpha value is -2.36. The average Bonchev–Trinajstić information content (AvgIpc) is 2.62. The van der Waals surface area contributed by atoms with Crippen molar-refractivity contribution in [3.05, 3.63) is 59.9 Å². The minimum absolute atomic E-state index is 0.142. The smallest absolute Gasteiger partial charge is 0.253 e. The third kappa shape index (κ3) is 3.52. The number of nitrogens with zero attached hydrogens (tertiary/aromatic N) is 3. The van der Waals surface area contributed by atoms with E-state index in [0.29, 0.717) is 5.92 Å². The van der Waals surface area contributed by atoms with Crippen LogP contribution in [0.4, 0.5) is 5.69 Å². The quantitative estimate of drug-likeness (QED) is 0.874. The minimum atomic E-state index is 0.142. The second-order valence-electron chi connectivity index (χ2n) is 6.29. The van der Waals surface area contributed by atoms with Gasteiger partial charge in [-0.25, -0.2) is 0 Å². The van der Waals surface area contributed by atoms with Crippen molar-refractivity contribution in [1.29, 1.82) is 0 Å². The van der Waals surface area contributed by atoms with Crippen LogP contribution in [0.25, 0.3) is 0 Å². The Labute approximate surface area is 137 Å². The number of rotatable bonds is 3. The van der Waals surface area contributed by atoms with Crippen molar-refractivity contribution in [2.24, 2.45) is 0 Å². The van der Waals surface area contributed by atoms with E-state index in [4.69, 9.17) is 0 Å². The van der Waals surface area contributed by atoms with Crippen LogP contribution in [0.15, 0.2) is 48.8 Å². The van der Waals surface area contributed by atoms with Gasteiger partial charge >= 0.3 is 0 Å². The van der Waals surface area contributed by atoms with Crippen LogP contribution in [0, 0.1) is 0 Å². The van der Waals surface area contributed by atoms with E-state index in [1.54, 1.807) is 0 Å². The van der Waals surface area contributed by atoms with Gasteiger partial charge in [-0.15, -0.1) is 0 Å². The van der Waals surface area contributed by atoms with Gasteiger partial charge in [0, 0.05) is 50.8 Å². The normalized spacial score (nSPS) is 15.5. The van der Waals surface area contributed by atoms with E-state index in [1.165, 1.54) is 5.56 Å². The Morgan fingerprint density at radius 1 is 1.04 bits per heavy atom. The summed E-state index contributed by atoms with van der Waals surface area (Å²) in [4.78, 5) is 20.7. The number of piperidine rings is 1. The van der Waals surface area contributed by atoms with Crippen LogP contribution in [0.3, 0.4) is 0 Å². The third-order valence-electron chi connectivity index (χ3n) is 4.59. The molecule has 4 heteroatoms. The van der Waals surface area contributed by atoms with Gasteiger partial charge in [-0.2, -0.15) is 0 Å². The summed E-state index contributed by atoms with van der Waals surface area (Å²) in [6, 6.07) is 12.0. The maximum absolute atomic E-state index is 12.6. The summed E-state index contributed by atoms with van der Waals surface area (Å²) in [7, 11) is 4.00. The number of hydrogen-bond acceptors (Lipinski definition) is 3. The van der Waals surface area contributed by atoms with Gasteiger partial charge in [0.15, 0.2) is 0 Å². The molecule has 23 heavy (non-hydrogen) atoms. The molecule has 3 rings (SSSR count). The zero-order valence-electron chi connectivity index (χ0n) is 13.8. The molecule has 1 aromatic heterocycles. The molecular weight excluding hydrogens is 286 g/mol. The van der Waals surface area contributed by atoms with Crippen LogP contribution in [0.5, 0.6) is 0 Å². The zero-order chi connectivity index (χ0) is 16.2. The van der Waals surface area contributed by atoms with Gasteiger partial charge in [0.05, 0.1) is 0 Å². The van der Waals surface area contributed by atoms with Gasteiger partial charge in [0.1, 0.15) is 0 Å². The molecule has 0 N–H and O–H groups in total. The summed E-state index contributed by atoms with van der Waals surface area (Å²) in [5, 5.41) is 0. The molecule has 2 aromatic rings. The first kappa shape index (κ1) is 15.5. The summed E-state index contributed by atoms with van der Waals surface area (Å²) in [6.45, 7) is 1.64. The summed E-state index contributed by atoms with van der Waals surface area (Å²) in [5.74, 6) is 0.682. The molecule has 1 aliphatic rings. The highest BCUT2D eigenvalue weighted by Gasteiger charge is 2.24. The average molecular weight is 309 g/mol. The molecule has 0 saturated carbocycles. The number of anilines is 1. The number of aromatic nitrogens is 1. The fourth-order valence-electron chi connectivity index (χ4n) is 3.14. The SMILES string of the molecule is CN(C)c1ccc(C(=O)N2CCC(c3ccncc3)CC2)cc1. The molecular formula is C19H23N3O. The van der Waals surface area contributed by atoms with Gasteiger partial charge in [-0.05, 0) is 60.7 Å². The molecule has 0 atom stereocenters. The number of carbonyl (C=O) groups excluding carboxylic acids is 1. The van der Waals surface area contributed by atoms with Crippen LogP contribution in [0.2, 0.25) is 0 Å². The molecule has 120 valence electrons. The van der Waals surface area contributed by atoms with Gasteiger partial charge in [-0.1, -0.05) is 0 Å². The predicted molar refractivity (Wildman–Crippen MR) is 92.9 cm³/mol.